The fraction of sp³-hybridized carbons (Fsp3) is 0.706. The molecule has 2 fully saturated rings. The van der Waals surface area contributed by atoms with Crippen molar-refractivity contribution >= 4 is 5.71 Å². The summed E-state index contributed by atoms with van der Waals surface area (Å²) >= 11 is 0. The molecule has 7 nitrogen and oxygen atoms in total. The minimum absolute atomic E-state index is 0.0513. The summed E-state index contributed by atoms with van der Waals surface area (Å²) in [6.07, 6.45) is 8.28. The summed E-state index contributed by atoms with van der Waals surface area (Å²) in [5, 5.41) is 17.1. The highest BCUT2D eigenvalue weighted by Gasteiger charge is 2.24. The lowest BCUT2D eigenvalue weighted by Gasteiger charge is -2.26. The van der Waals surface area contributed by atoms with Crippen molar-refractivity contribution in [3.8, 4) is 5.88 Å². The molecule has 1 aromatic heterocycles. The minimum atomic E-state index is -0.567. The molecule has 0 unspecified atom stereocenters. The number of hydrogen-bond acceptors (Lipinski definition) is 5. The third-order valence-corrected chi connectivity index (χ3v) is 5.04. The maximum absolute atomic E-state index is 12.3. The molecule has 7 heteroatoms. The second-order valence-corrected chi connectivity index (χ2v) is 6.82. The van der Waals surface area contributed by atoms with Crippen molar-refractivity contribution in [2.75, 3.05) is 13.1 Å². The van der Waals surface area contributed by atoms with Gasteiger partial charge < -0.3 is 5.11 Å². The zero-order chi connectivity index (χ0) is 17.1. The zero-order valence-electron chi connectivity index (χ0n) is 14.3. The number of rotatable bonds is 3. The van der Waals surface area contributed by atoms with E-state index >= 15 is 0 Å². The Morgan fingerprint density at radius 3 is 2.38 bits per heavy atom. The first-order chi connectivity index (χ1) is 11.6. The number of nitrogens with zero attached hydrogens (tertiary/aromatic N) is 3. The fourth-order valence-electron chi connectivity index (χ4n) is 3.78. The van der Waals surface area contributed by atoms with Crippen LogP contribution in [0.2, 0.25) is 0 Å². The Hall–Kier alpha value is -2.05. The lowest BCUT2D eigenvalue weighted by atomic mass is 9.95. The van der Waals surface area contributed by atoms with E-state index in [-0.39, 0.29) is 17.5 Å². The molecule has 1 aliphatic carbocycles. The largest absolute Gasteiger partial charge is 0.494 e. The van der Waals surface area contributed by atoms with E-state index in [9.17, 15) is 14.7 Å². The predicted octanol–water partition coefficient (Wildman–Crippen LogP) is 1.96. The molecule has 0 aromatic carbocycles. The van der Waals surface area contributed by atoms with Crippen molar-refractivity contribution < 1.29 is 5.11 Å². The molecule has 1 aromatic rings. The van der Waals surface area contributed by atoms with E-state index in [1.54, 1.807) is 6.92 Å². The number of aromatic hydroxyl groups is 1. The molecule has 2 N–H and O–H groups in total. The van der Waals surface area contributed by atoms with Crippen molar-refractivity contribution in [1.82, 2.24) is 14.6 Å². The Bertz CT molecular complexity index is 722. The van der Waals surface area contributed by atoms with Crippen LogP contribution in [0.5, 0.6) is 5.88 Å². The van der Waals surface area contributed by atoms with Crippen LogP contribution in [0.25, 0.3) is 0 Å². The molecule has 24 heavy (non-hydrogen) atoms. The van der Waals surface area contributed by atoms with Crippen LogP contribution in [0.1, 0.15) is 69.9 Å². The van der Waals surface area contributed by atoms with Gasteiger partial charge in [0.1, 0.15) is 5.56 Å². The van der Waals surface area contributed by atoms with E-state index in [4.69, 9.17) is 0 Å². The average Bonchev–Trinajstić information content (AvgIpc) is 2.56. The third kappa shape index (κ3) is 3.39. The number of H-pyrrole nitrogens is 1. The molecular weight excluding hydrogens is 308 g/mol. The normalized spacial score (nSPS) is 20.4. The molecule has 2 aliphatic rings. The monoisotopic (exact) mass is 334 g/mol. The second kappa shape index (κ2) is 7.23. The molecule has 1 aliphatic heterocycles. The van der Waals surface area contributed by atoms with Gasteiger partial charge in [0.05, 0.1) is 5.71 Å². The molecule has 0 bridgehead atoms. The number of aromatic amines is 1. The number of piperidine rings is 1. The minimum Gasteiger partial charge on any atom is -0.494 e. The van der Waals surface area contributed by atoms with E-state index in [0.29, 0.717) is 5.71 Å². The first-order valence-electron chi connectivity index (χ1n) is 8.96. The van der Waals surface area contributed by atoms with Crippen LogP contribution < -0.4 is 11.2 Å². The van der Waals surface area contributed by atoms with Crippen molar-refractivity contribution in [3.05, 3.63) is 26.4 Å². The Morgan fingerprint density at radius 2 is 1.71 bits per heavy atom. The fourth-order valence-corrected chi connectivity index (χ4v) is 3.78. The molecule has 0 radical (unpaired) electrons. The van der Waals surface area contributed by atoms with E-state index in [1.165, 1.54) is 11.0 Å². The van der Waals surface area contributed by atoms with Crippen LogP contribution in [0.15, 0.2) is 14.7 Å². The molecule has 1 saturated carbocycles. The van der Waals surface area contributed by atoms with Gasteiger partial charge >= 0.3 is 5.69 Å². The molecule has 132 valence electrons. The summed E-state index contributed by atoms with van der Waals surface area (Å²) in [5.41, 5.74) is -0.521. The van der Waals surface area contributed by atoms with Crippen LogP contribution >= 0.6 is 0 Å². The number of hydrazone groups is 1. The van der Waals surface area contributed by atoms with Gasteiger partial charge in [-0.05, 0) is 39.0 Å². The number of nitrogens with one attached hydrogen (secondary N) is 1. The van der Waals surface area contributed by atoms with E-state index in [2.05, 4.69) is 10.1 Å². The zero-order valence-corrected chi connectivity index (χ0v) is 14.3. The lowest BCUT2D eigenvalue weighted by Crippen LogP contribution is -2.36. The van der Waals surface area contributed by atoms with Gasteiger partial charge in [-0.25, -0.2) is 4.79 Å². The smallest absolute Gasteiger partial charge is 0.331 e. The molecule has 3 rings (SSSR count). The van der Waals surface area contributed by atoms with Gasteiger partial charge in [-0.1, -0.05) is 19.3 Å². The summed E-state index contributed by atoms with van der Waals surface area (Å²) in [6.45, 7) is 3.44. The summed E-state index contributed by atoms with van der Waals surface area (Å²) in [7, 11) is 0. The van der Waals surface area contributed by atoms with Gasteiger partial charge in [0.25, 0.3) is 5.56 Å². The average molecular weight is 334 g/mol. The van der Waals surface area contributed by atoms with Crippen LogP contribution in [-0.2, 0) is 0 Å². The van der Waals surface area contributed by atoms with E-state index < -0.39 is 11.2 Å². The molecule has 0 amide bonds. The maximum atomic E-state index is 12.3. The highest BCUT2D eigenvalue weighted by molar-refractivity contribution is 6.00. The highest BCUT2D eigenvalue weighted by Crippen LogP contribution is 2.30. The molecule has 0 spiro atoms. The summed E-state index contributed by atoms with van der Waals surface area (Å²) in [6, 6.07) is -0.0513. The first-order valence-corrected chi connectivity index (χ1v) is 8.96. The van der Waals surface area contributed by atoms with Crippen molar-refractivity contribution in [3.63, 3.8) is 0 Å². The van der Waals surface area contributed by atoms with Crippen molar-refractivity contribution in [1.29, 1.82) is 0 Å². The number of hydrogen-bond donors (Lipinski definition) is 2. The Balaban J connectivity index is 1.99. The Labute approximate surface area is 141 Å². The van der Waals surface area contributed by atoms with Gasteiger partial charge in [-0.3, -0.25) is 19.4 Å². The third-order valence-electron chi connectivity index (χ3n) is 5.04. The summed E-state index contributed by atoms with van der Waals surface area (Å²) < 4.78 is 1.35. The predicted molar refractivity (Wildman–Crippen MR) is 92.7 cm³/mol. The second-order valence-electron chi connectivity index (χ2n) is 6.82. The maximum Gasteiger partial charge on any atom is 0.331 e. The van der Waals surface area contributed by atoms with Crippen LogP contribution in [0, 0.1) is 0 Å². The van der Waals surface area contributed by atoms with Gasteiger partial charge in [-0.15, -0.1) is 0 Å². The summed E-state index contributed by atoms with van der Waals surface area (Å²) in [5.74, 6) is -0.242. The van der Waals surface area contributed by atoms with Gasteiger partial charge in [0.2, 0.25) is 5.88 Å². The van der Waals surface area contributed by atoms with Crippen molar-refractivity contribution in [2.24, 2.45) is 5.10 Å². The molecule has 1 saturated heterocycles. The van der Waals surface area contributed by atoms with Gasteiger partial charge in [-0.2, -0.15) is 5.10 Å². The van der Waals surface area contributed by atoms with Crippen LogP contribution in [0.3, 0.4) is 0 Å². The van der Waals surface area contributed by atoms with E-state index in [0.717, 1.165) is 58.0 Å². The van der Waals surface area contributed by atoms with Crippen molar-refractivity contribution in [2.45, 2.75) is 64.3 Å². The highest BCUT2D eigenvalue weighted by atomic mass is 16.3. The first kappa shape index (κ1) is 16.8. The molecular formula is C17H26N4O3. The standard InChI is InChI=1S/C17H26N4O3/c1-12(19-20-10-6-3-7-11-20)14-15(22)18-17(24)21(16(14)23)13-8-4-2-5-9-13/h13,23H,2-11H2,1H3,(H,18,22,24)/b19-12+. The summed E-state index contributed by atoms with van der Waals surface area (Å²) in [4.78, 5) is 26.8. The Morgan fingerprint density at radius 1 is 1.08 bits per heavy atom. The number of aromatic nitrogens is 2. The quantitative estimate of drug-likeness (QED) is 0.827. The molecule has 2 heterocycles. The molecule has 0 atom stereocenters. The lowest BCUT2D eigenvalue weighted by molar-refractivity contribution is 0.239. The Kier molecular flexibility index (Phi) is 5.06. The SMILES string of the molecule is C/C(=N\N1CCCCC1)c1c(O)n(C2CCCCC2)c(=O)[nH]c1=O. The van der Waals surface area contributed by atoms with Crippen LogP contribution in [0.4, 0.5) is 0 Å². The van der Waals surface area contributed by atoms with Gasteiger partial charge in [0, 0.05) is 19.1 Å². The van der Waals surface area contributed by atoms with Gasteiger partial charge in [0.15, 0.2) is 0 Å². The topological polar surface area (TPSA) is 90.7 Å². The van der Waals surface area contributed by atoms with Crippen LogP contribution in [-0.4, -0.2) is 38.5 Å². The van der Waals surface area contributed by atoms with E-state index in [1.807, 2.05) is 5.01 Å².